The van der Waals surface area contributed by atoms with E-state index >= 15 is 0 Å². The Morgan fingerprint density at radius 1 is 1.11 bits per heavy atom. The van der Waals surface area contributed by atoms with Gasteiger partial charge in [-0.05, 0) is 56.2 Å². The van der Waals surface area contributed by atoms with Gasteiger partial charge in [-0.3, -0.25) is 4.79 Å². The second-order valence-corrected chi connectivity index (χ2v) is 7.13. The van der Waals surface area contributed by atoms with Crippen molar-refractivity contribution in [1.82, 2.24) is 15.1 Å². The molecule has 6 heteroatoms. The predicted octanol–water partition coefficient (Wildman–Crippen LogP) is 4.07. The van der Waals surface area contributed by atoms with Gasteiger partial charge >= 0.3 is 0 Å². The van der Waals surface area contributed by atoms with Crippen molar-refractivity contribution in [2.24, 2.45) is 0 Å². The van der Waals surface area contributed by atoms with Gasteiger partial charge in [0.05, 0.1) is 13.0 Å². The SMILES string of the molecule is COc1ccc(C(=O)N2CCCC(c3nnc(-c4ccc(C)cc4)o3)C2)cc1. The number of piperidine rings is 1. The Hall–Kier alpha value is -3.15. The highest BCUT2D eigenvalue weighted by molar-refractivity contribution is 5.94. The van der Waals surface area contributed by atoms with Crippen LogP contribution in [0.5, 0.6) is 5.75 Å². The van der Waals surface area contributed by atoms with E-state index in [1.165, 1.54) is 5.56 Å². The van der Waals surface area contributed by atoms with E-state index in [0.29, 0.717) is 23.9 Å². The van der Waals surface area contributed by atoms with E-state index < -0.39 is 0 Å². The number of carbonyl (C=O) groups excluding carboxylic acids is 1. The number of likely N-dealkylation sites (tertiary alicyclic amines) is 1. The van der Waals surface area contributed by atoms with Gasteiger partial charge < -0.3 is 14.1 Å². The molecule has 0 saturated carbocycles. The van der Waals surface area contributed by atoms with Crippen LogP contribution >= 0.6 is 0 Å². The molecule has 2 aromatic carbocycles. The van der Waals surface area contributed by atoms with Crippen molar-refractivity contribution < 1.29 is 13.9 Å². The van der Waals surface area contributed by atoms with Gasteiger partial charge in [-0.1, -0.05) is 17.7 Å². The third-order valence-electron chi connectivity index (χ3n) is 5.13. The molecule has 2 heterocycles. The summed E-state index contributed by atoms with van der Waals surface area (Å²) in [5.74, 6) is 1.94. The fourth-order valence-electron chi connectivity index (χ4n) is 3.49. The van der Waals surface area contributed by atoms with Crippen LogP contribution in [-0.2, 0) is 0 Å². The summed E-state index contributed by atoms with van der Waals surface area (Å²) in [7, 11) is 1.61. The molecule has 0 radical (unpaired) electrons. The molecule has 0 aliphatic carbocycles. The van der Waals surface area contributed by atoms with Crippen molar-refractivity contribution in [3.05, 3.63) is 65.5 Å². The van der Waals surface area contributed by atoms with Crippen molar-refractivity contribution in [1.29, 1.82) is 0 Å². The van der Waals surface area contributed by atoms with Crippen LogP contribution in [0.4, 0.5) is 0 Å². The zero-order chi connectivity index (χ0) is 19.5. The van der Waals surface area contributed by atoms with Crippen LogP contribution in [0, 0.1) is 6.92 Å². The molecule has 0 bridgehead atoms. The summed E-state index contributed by atoms with van der Waals surface area (Å²) in [5.41, 5.74) is 2.75. The Bertz CT molecular complexity index is 948. The van der Waals surface area contributed by atoms with E-state index in [-0.39, 0.29) is 11.8 Å². The minimum absolute atomic E-state index is 0.0191. The normalized spacial score (nSPS) is 16.8. The molecular formula is C22H23N3O3. The molecule has 6 nitrogen and oxygen atoms in total. The van der Waals surface area contributed by atoms with E-state index in [1.54, 1.807) is 31.4 Å². The first kappa shape index (κ1) is 18.2. The Labute approximate surface area is 164 Å². The fourth-order valence-corrected chi connectivity index (χ4v) is 3.49. The number of hydrogen-bond donors (Lipinski definition) is 0. The maximum Gasteiger partial charge on any atom is 0.253 e. The summed E-state index contributed by atoms with van der Waals surface area (Å²) in [6.07, 6.45) is 1.84. The molecule has 28 heavy (non-hydrogen) atoms. The van der Waals surface area contributed by atoms with E-state index in [4.69, 9.17) is 9.15 Å². The second kappa shape index (κ2) is 7.84. The highest BCUT2D eigenvalue weighted by Gasteiger charge is 2.29. The van der Waals surface area contributed by atoms with Crippen LogP contribution < -0.4 is 4.74 Å². The number of aryl methyl sites for hydroxylation is 1. The molecular weight excluding hydrogens is 354 g/mol. The number of benzene rings is 2. The van der Waals surface area contributed by atoms with Crippen molar-refractivity contribution >= 4 is 5.91 Å². The molecule has 3 aromatic rings. The van der Waals surface area contributed by atoms with Gasteiger partial charge in [-0.15, -0.1) is 10.2 Å². The Kier molecular flexibility index (Phi) is 5.10. The first-order valence-electron chi connectivity index (χ1n) is 9.48. The minimum atomic E-state index is 0.0191. The van der Waals surface area contributed by atoms with Gasteiger partial charge in [0.25, 0.3) is 5.91 Å². The summed E-state index contributed by atoms with van der Waals surface area (Å²) in [6, 6.07) is 15.2. The molecule has 1 aromatic heterocycles. The lowest BCUT2D eigenvalue weighted by molar-refractivity contribution is 0.0698. The van der Waals surface area contributed by atoms with Crippen molar-refractivity contribution in [3.63, 3.8) is 0 Å². The third kappa shape index (κ3) is 3.76. The lowest BCUT2D eigenvalue weighted by atomic mass is 9.97. The number of carbonyl (C=O) groups is 1. The molecule has 0 N–H and O–H groups in total. The monoisotopic (exact) mass is 377 g/mol. The third-order valence-corrected chi connectivity index (χ3v) is 5.13. The molecule has 1 saturated heterocycles. The molecule has 1 aliphatic rings. The van der Waals surface area contributed by atoms with Crippen molar-refractivity contribution in [3.8, 4) is 17.2 Å². The number of rotatable bonds is 4. The van der Waals surface area contributed by atoms with Crippen LogP contribution in [0.2, 0.25) is 0 Å². The van der Waals surface area contributed by atoms with Crippen LogP contribution in [0.1, 0.15) is 40.6 Å². The molecule has 1 aliphatic heterocycles. The van der Waals surface area contributed by atoms with Gasteiger partial charge in [0, 0.05) is 24.2 Å². The zero-order valence-corrected chi connectivity index (χ0v) is 16.1. The lowest BCUT2D eigenvalue weighted by Gasteiger charge is -2.31. The van der Waals surface area contributed by atoms with Gasteiger partial charge in [0.2, 0.25) is 11.8 Å². The Morgan fingerprint density at radius 3 is 2.57 bits per heavy atom. The number of hydrogen-bond acceptors (Lipinski definition) is 5. The Morgan fingerprint density at radius 2 is 1.86 bits per heavy atom. The largest absolute Gasteiger partial charge is 0.497 e. The summed E-state index contributed by atoms with van der Waals surface area (Å²) < 4.78 is 11.1. The molecule has 1 atom stereocenters. The van der Waals surface area contributed by atoms with Crippen LogP contribution in [0.25, 0.3) is 11.5 Å². The molecule has 144 valence electrons. The average molecular weight is 377 g/mol. The number of aromatic nitrogens is 2. The lowest BCUT2D eigenvalue weighted by Crippen LogP contribution is -2.39. The first-order valence-corrected chi connectivity index (χ1v) is 9.48. The standard InChI is InChI=1S/C22H23N3O3/c1-15-5-7-16(8-6-15)20-23-24-21(28-20)18-4-3-13-25(14-18)22(26)17-9-11-19(27-2)12-10-17/h5-12,18H,3-4,13-14H2,1-2H3. The Balaban J connectivity index is 1.47. The maximum absolute atomic E-state index is 12.9. The summed E-state index contributed by atoms with van der Waals surface area (Å²) in [5, 5.41) is 8.46. The van der Waals surface area contributed by atoms with Crippen LogP contribution in [-0.4, -0.2) is 41.2 Å². The predicted molar refractivity (Wildman–Crippen MR) is 105 cm³/mol. The number of nitrogens with zero attached hydrogens (tertiary/aromatic N) is 3. The highest BCUT2D eigenvalue weighted by Crippen LogP contribution is 2.29. The number of amides is 1. The van der Waals surface area contributed by atoms with E-state index in [1.807, 2.05) is 36.1 Å². The minimum Gasteiger partial charge on any atom is -0.497 e. The van der Waals surface area contributed by atoms with Crippen LogP contribution in [0.15, 0.2) is 52.9 Å². The van der Waals surface area contributed by atoms with Crippen LogP contribution in [0.3, 0.4) is 0 Å². The fraction of sp³-hybridized carbons (Fsp3) is 0.318. The van der Waals surface area contributed by atoms with Gasteiger partial charge in [-0.2, -0.15) is 0 Å². The first-order chi connectivity index (χ1) is 13.6. The highest BCUT2D eigenvalue weighted by atomic mass is 16.5. The molecule has 0 spiro atoms. The van der Waals surface area contributed by atoms with Crippen molar-refractivity contribution in [2.75, 3.05) is 20.2 Å². The molecule has 1 fully saturated rings. The van der Waals surface area contributed by atoms with E-state index in [2.05, 4.69) is 10.2 Å². The topological polar surface area (TPSA) is 68.5 Å². The summed E-state index contributed by atoms with van der Waals surface area (Å²) in [6.45, 7) is 3.36. The second-order valence-electron chi connectivity index (χ2n) is 7.13. The van der Waals surface area contributed by atoms with Crippen molar-refractivity contribution in [2.45, 2.75) is 25.7 Å². The average Bonchev–Trinajstić information content (AvgIpc) is 3.24. The summed E-state index contributed by atoms with van der Waals surface area (Å²) >= 11 is 0. The van der Waals surface area contributed by atoms with Gasteiger partial charge in [0.15, 0.2) is 0 Å². The van der Waals surface area contributed by atoms with Gasteiger partial charge in [0.1, 0.15) is 5.75 Å². The quantitative estimate of drug-likeness (QED) is 0.685. The molecule has 1 amide bonds. The number of methoxy groups -OCH3 is 1. The number of ether oxygens (including phenoxy) is 1. The maximum atomic E-state index is 12.9. The van der Waals surface area contributed by atoms with Gasteiger partial charge in [-0.25, -0.2) is 0 Å². The van der Waals surface area contributed by atoms with E-state index in [0.717, 1.165) is 30.7 Å². The zero-order valence-electron chi connectivity index (χ0n) is 16.1. The molecule has 4 rings (SSSR count). The molecule has 1 unspecified atom stereocenters. The smallest absolute Gasteiger partial charge is 0.253 e. The summed E-state index contributed by atoms with van der Waals surface area (Å²) in [4.78, 5) is 14.7. The van der Waals surface area contributed by atoms with E-state index in [9.17, 15) is 4.79 Å².